The second kappa shape index (κ2) is 8.48. The summed E-state index contributed by atoms with van der Waals surface area (Å²) in [5.74, 6) is -0.851. The number of aliphatic hydroxyl groups is 1. The van der Waals surface area contributed by atoms with Crippen LogP contribution in [0.15, 0.2) is 60.7 Å². The van der Waals surface area contributed by atoms with Crippen molar-refractivity contribution in [1.82, 2.24) is 4.90 Å². The van der Waals surface area contributed by atoms with Crippen LogP contribution < -0.4 is 0 Å². The highest BCUT2D eigenvalue weighted by atomic mass is 16.6. The van der Waals surface area contributed by atoms with Gasteiger partial charge in [0.1, 0.15) is 12.6 Å². The summed E-state index contributed by atoms with van der Waals surface area (Å²) in [4.78, 5) is 27.1. The predicted molar refractivity (Wildman–Crippen MR) is 110 cm³/mol. The zero-order chi connectivity index (χ0) is 21.1. The first-order chi connectivity index (χ1) is 14.5. The van der Waals surface area contributed by atoms with E-state index in [4.69, 9.17) is 9.47 Å². The molecule has 2 aliphatic rings. The van der Waals surface area contributed by atoms with E-state index in [2.05, 4.69) is 0 Å². The number of nitrogens with zero attached hydrogens (tertiary/aromatic N) is 1. The molecule has 1 saturated carbocycles. The van der Waals surface area contributed by atoms with Crippen LogP contribution in [0.2, 0.25) is 0 Å². The normalized spacial score (nSPS) is 27.5. The summed E-state index contributed by atoms with van der Waals surface area (Å²) in [6.45, 7) is 2.37. The van der Waals surface area contributed by atoms with Gasteiger partial charge >= 0.3 is 12.1 Å². The summed E-state index contributed by atoms with van der Waals surface area (Å²) >= 11 is 0. The molecule has 4 atom stereocenters. The SMILES string of the molecule is CCOC(=O)[C@@H]1[C@H]2CCC(O)(c3ccccc3)[C@H]2CN1C(=O)OCc1ccccc1. The smallest absolute Gasteiger partial charge is 0.410 e. The first-order valence-electron chi connectivity index (χ1n) is 10.5. The Morgan fingerprint density at radius 3 is 2.40 bits per heavy atom. The van der Waals surface area contributed by atoms with Gasteiger partial charge in [-0.3, -0.25) is 4.90 Å². The van der Waals surface area contributed by atoms with Crippen molar-refractivity contribution in [3.8, 4) is 0 Å². The van der Waals surface area contributed by atoms with E-state index in [9.17, 15) is 14.7 Å². The van der Waals surface area contributed by atoms with E-state index in [1.807, 2.05) is 60.7 Å². The lowest BCUT2D eigenvalue weighted by molar-refractivity contribution is -0.149. The summed E-state index contributed by atoms with van der Waals surface area (Å²) in [7, 11) is 0. The monoisotopic (exact) mass is 409 g/mol. The second-order valence-corrected chi connectivity index (χ2v) is 7.99. The van der Waals surface area contributed by atoms with Crippen LogP contribution >= 0.6 is 0 Å². The maximum Gasteiger partial charge on any atom is 0.410 e. The molecule has 6 heteroatoms. The highest BCUT2D eigenvalue weighted by molar-refractivity contribution is 5.83. The van der Waals surface area contributed by atoms with Crippen molar-refractivity contribution < 1.29 is 24.2 Å². The van der Waals surface area contributed by atoms with Gasteiger partial charge in [0.25, 0.3) is 0 Å². The molecule has 1 saturated heterocycles. The van der Waals surface area contributed by atoms with Crippen LogP contribution in [-0.2, 0) is 26.5 Å². The summed E-state index contributed by atoms with van der Waals surface area (Å²) in [5, 5.41) is 11.5. The third-order valence-corrected chi connectivity index (χ3v) is 6.37. The number of amides is 1. The number of benzene rings is 2. The molecule has 2 aromatic carbocycles. The van der Waals surface area contributed by atoms with Gasteiger partial charge in [0.15, 0.2) is 0 Å². The molecule has 0 spiro atoms. The van der Waals surface area contributed by atoms with Gasteiger partial charge in [-0.1, -0.05) is 60.7 Å². The lowest BCUT2D eigenvalue weighted by Gasteiger charge is -2.30. The van der Waals surface area contributed by atoms with Gasteiger partial charge in [0.2, 0.25) is 0 Å². The molecule has 0 aromatic heterocycles. The summed E-state index contributed by atoms with van der Waals surface area (Å²) in [6, 6.07) is 18.2. The van der Waals surface area contributed by atoms with E-state index < -0.39 is 23.7 Å². The van der Waals surface area contributed by atoms with Crippen LogP contribution in [0.3, 0.4) is 0 Å². The fourth-order valence-corrected chi connectivity index (χ4v) is 4.95. The van der Waals surface area contributed by atoms with Crippen molar-refractivity contribution in [2.45, 2.75) is 38.0 Å². The molecule has 1 aliphatic carbocycles. The minimum atomic E-state index is -1.08. The van der Waals surface area contributed by atoms with Crippen molar-refractivity contribution >= 4 is 12.1 Å². The molecule has 0 radical (unpaired) electrons. The molecule has 1 heterocycles. The molecule has 1 aliphatic heterocycles. The van der Waals surface area contributed by atoms with E-state index in [1.165, 1.54) is 4.90 Å². The zero-order valence-corrected chi connectivity index (χ0v) is 17.1. The number of carbonyl (C=O) groups is 2. The van der Waals surface area contributed by atoms with Gasteiger partial charge in [0, 0.05) is 12.5 Å². The minimum Gasteiger partial charge on any atom is -0.464 e. The zero-order valence-electron chi connectivity index (χ0n) is 17.1. The van der Waals surface area contributed by atoms with Crippen molar-refractivity contribution in [2.24, 2.45) is 11.8 Å². The summed E-state index contributed by atoms with van der Waals surface area (Å²) < 4.78 is 10.8. The Balaban J connectivity index is 1.56. The Morgan fingerprint density at radius 2 is 1.73 bits per heavy atom. The Hall–Kier alpha value is -2.86. The molecule has 6 nitrogen and oxygen atoms in total. The molecule has 2 aromatic rings. The van der Waals surface area contributed by atoms with Gasteiger partial charge in [0.05, 0.1) is 12.2 Å². The van der Waals surface area contributed by atoms with Crippen LogP contribution in [0, 0.1) is 11.8 Å². The van der Waals surface area contributed by atoms with Crippen molar-refractivity contribution in [3.05, 3.63) is 71.8 Å². The number of likely N-dealkylation sites (tertiary alicyclic amines) is 1. The number of hydrogen-bond acceptors (Lipinski definition) is 5. The standard InChI is InChI=1S/C24H27NO5/c1-2-29-22(26)21-19-13-14-24(28,18-11-7-4-8-12-18)20(19)15-25(21)23(27)30-16-17-9-5-3-6-10-17/h3-12,19-21,28H,2,13-16H2,1H3/t19-,20-,21-,24?/m0/s1. The lowest BCUT2D eigenvalue weighted by Crippen LogP contribution is -2.44. The third-order valence-electron chi connectivity index (χ3n) is 6.37. The molecule has 0 bridgehead atoms. The van der Waals surface area contributed by atoms with E-state index in [0.29, 0.717) is 12.8 Å². The van der Waals surface area contributed by atoms with Crippen LogP contribution in [0.1, 0.15) is 30.9 Å². The minimum absolute atomic E-state index is 0.129. The number of esters is 1. The summed E-state index contributed by atoms with van der Waals surface area (Å²) in [6.07, 6.45) is 0.638. The Bertz CT molecular complexity index is 887. The highest BCUT2D eigenvalue weighted by Gasteiger charge is 2.60. The summed E-state index contributed by atoms with van der Waals surface area (Å²) in [5.41, 5.74) is 0.615. The molecule has 158 valence electrons. The maximum atomic E-state index is 12.9. The lowest BCUT2D eigenvalue weighted by atomic mass is 9.81. The molecule has 1 unspecified atom stereocenters. The van der Waals surface area contributed by atoms with Crippen LogP contribution in [-0.4, -0.2) is 41.3 Å². The highest BCUT2D eigenvalue weighted by Crippen LogP contribution is 2.53. The maximum absolute atomic E-state index is 12.9. The van der Waals surface area contributed by atoms with Gasteiger partial charge < -0.3 is 14.6 Å². The molecule has 1 amide bonds. The largest absolute Gasteiger partial charge is 0.464 e. The van der Waals surface area contributed by atoms with E-state index in [-0.39, 0.29) is 31.6 Å². The average molecular weight is 409 g/mol. The fourth-order valence-electron chi connectivity index (χ4n) is 4.95. The van der Waals surface area contributed by atoms with Crippen LogP contribution in [0.5, 0.6) is 0 Å². The molecule has 30 heavy (non-hydrogen) atoms. The number of carbonyl (C=O) groups excluding carboxylic acids is 2. The van der Waals surface area contributed by atoms with Gasteiger partial charge in [-0.15, -0.1) is 0 Å². The van der Waals surface area contributed by atoms with E-state index >= 15 is 0 Å². The van der Waals surface area contributed by atoms with Crippen LogP contribution in [0.4, 0.5) is 4.79 Å². The Kier molecular flexibility index (Phi) is 5.77. The van der Waals surface area contributed by atoms with Crippen molar-refractivity contribution in [1.29, 1.82) is 0 Å². The van der Waals surface area contributed by atoms with E-state index in [1.54, 1.807) is 6.92 Å². The van der Waals surface area contributed by atoms with E-state index in [0.717, 1.165) is 11.1 Å². The Morgan fingerprint density at radius 1 is 1.07 bits per heavy atom. The molecular weight excluding hydrogens is 382 g/mol. The Labute approximate surface area is 176 Å². The second-order valence-electron chi connectivity index (χ2n) is 7.99. The molecule has 1 N–H and O–H groups in total. The van der Waals surface area contributed by atoms with Crippen molar-refractivity contribution in [2.75, 3.05) is 13.2 Å². The quantitative estimate of drug-likeness (QED) is 0.765. The average Bonchev–Trinajstić information content (AvgIpc) is 3.32. The van der Waals surface area contributed by atoms with Gasteiger partial charge in [-0.05, 0) is 36.8 Å². The van der Waals surface area contributed by atoms with Gasteiger partial charge in [-0.25, -0.2) is 9.59 Å². The molecular formula is C24H27NO5. The molecule has 2 fully saturated rings. The topological polar surface area (TPSA) is 76.1 Å². The van der Waals surface area contributed by atoms with Crippen molar-refractivity contribution in [3.63, 3.8) is 0 Å². The van der Waals surface area contributed by atoms with Crippen LogP contribution in [0.25, 0.3) is 0 Å². The number of ether oxygens (including phenoxy) is 2. The third kappa shape index (κ3) is 3.67. The molecule has 4 rings (SSSR count). The number of rotatable bonds is 5. The fraction of sp³-hybridized carbons (Fsp3) is 0.417. The van der Waals surface area contributed by atoms with Gasteiger partial charge in [-0.2, -0.15) is 0 Å². The first kappa shape index (κ1) is 20.4. The number of hydrogen-bond donors (Lipinski definition) is 1. The number of fused-ring (bicyclic) bond motifs is 1. The first-order valence-corrected chi connectivity index (χ1v) is 10.5. The predicted octanol–water partition coefficient (Wildman–Crippen LogP) is 3.48.